The van der Waals surface area contributed by atoms with Crippen molar-refractivity contribution in [3.8, 4) is 0 Å². The number of thiazole rings is 1. The fraction of sp³-hybridized carbons (Fsp3) is 0.455. The molecule has 1 aliphatic rings. The minimum Gasteiger partial charge on any atom is -0.346 e. The predicted octanol–water partition coefficient (Wildman–Crippen LogP) is 1.62. The van der Waals surface area contributed by atoms with Crippen molar-refractivity contribution < 1.29 is 0 Å². The third-order valence-electron chi connectivity index (χ3n) is 2.88. The Morgan fingerprint density at radius 3 is 3.25 bits per heavy atom. The number of pyridine rings is 1. The van der Waals surface area contributed by atoms with Crippen molar-refractivity contribution in [2.45, 2.75) is 18.9 Å². The summed E-state index contributed by atoms with van der Waals surface area (Å²) in [6, 6.07) is 4.22. The fourth-order valence-corrected chi connectivity index (χ4v) is 3.02. The Morgan fingerprint density at radius 1 is 1.50 bits per heavy atom. The van der Waals surface area contributed by atoms with Gasteiger partial charge in [0.1, 0.15) is 10.3 Å². The van der Waals surface area contributed by atoms with Gasteiger partial charge >= 0.3 is 0 Å². The number of rotatable bonds is 1. The maximum absolute atomic E-state index is 5.98. The molecule has 3 rings (SSSR count). The van der Waals surface area contributed by atoms with Gasteiger partial charge in [0, 0.05) is 25.3 Å². The lowest BCUT2D eigenvalue weighted by atomic mass is 10.1. The maximum Gasteiger partial charge on any atom is 0.188 e. The lowest BCUT2D eigenvalue weighted by Crippen LogP contribution is -2.42. The normalized spacial score (nSPS) is 21.6. The van der Waals surface area contributed by atoms with E-state index in [9.17, 15) is 0 Å². The zero-order valence-electron chi connectivity index (χ0n) is 8.97. The average molecular weight is 234 g/mol. The van der Waals surface area contributed by atoms with Crippen LogP contribution in [0.1, 0.15) is 12.8 Å². The van der Waals surface area contributed by atoms with E-state index in [-0.39, 0.29) is 6.04 Å². The predicted molar refractivity (Wildman–Crippen MR) is 66.8 cm³/mol. The molecule has 0 spiro atoms. The summed E-state index contributed by atoms with van der Waals surface area (Å²) < 4.78 is 0. The molecule has 1 atom stereocenters. The van der Waals surface area contributed by atoms with Crippen LogP contribution < -0.4 is 10.6 Å². The SMILES string of the molecule is N[C@@H]1CCCN(c2nc3cccnc3s2)C1. The molecular weight excluding hydrogens is 220 g/mol. The Morgan fingerprint density at radius 2 is 2.44 bits per heavy atom. The Hall–Kier alpha value is -1.20. The Balaban J connectivity index is 1.93. The molecule has 1 aliphatic heterocycles. The zero-order valence-corrected chi connectivity index (χ0v) is 9.78. The fourth-order valence-electron chi connectivity index (χ4n) is 2.08. The molecule has 0 saturated carbocycles. The third-order valence-corrected chi connectivity index (χ3v) is 3.92. The number of hydrogen-bond acceptors (Lipinski definition) is 5. The van der Waals surface area contributed by atoms with E-state index in [4.69, 9.17) is 5.73 Å². The highest BCUT2D eigenvalue weighted by molar-refractivity contribution is 7.21. The van der Waals surface area contributed by atoms with Gasteiger partial charge in [-0.25, -0.2) is 9.97 Å². The minimum atomic E-state index is 0.286. The second kappa shape index (κ2) is 3.99. The summed E-state index contributed by atoms with van der Waals surface area (Å²) in [5, 5.41) is 1.06. The van der Waals surface area contributed by atoms with Crippen molar-refractivity contribution in [2.24, 2.45) is 5.73 Å². The minimum absolute atomic E-state index is 0.286. The van der Waals surface area contributed by atoms with Crippen molar-refractivity contribution in [3.63, 3.8) is 0 Å². The van der Waals surface area contributed by atoms with Gasteiger partial charge in [0.25, 0.3) is 0 Å². The van der Waals surface area contributed by atoms with Gasteiger partial charge in [0.2, 0.25) is 0 Å². The van der Waals surface area contributed by atoms with Gasteiger partial charge < -0.3 is 10.6 Å². The summed E-state index contributed by atoms with van der Waals surface area (Å²) in [6.45, 7) is 1.98. The number of fused-ring (bicyclic) bond motifs is 1. The summed E-state index contributed by atoms with van der Waals surface area (Å²) in [4.78, 5) is 12.2. The number of nitrogens with zero attached hydrogens (tertiary/aromatic N) is 3. The van der Waals surface area contributed by atoms with Gasteiger partial charge in [-0.15, -0.1) is 0 Å². The van der Waals surface area contributed by atoms with Gasteiger partial charge in [-0.1, -0.05) is 11.3 Å². The molecule has 16 heavy (non-hydrogen) atoms. The van der Waals surface area contributed by atoms with Crippen molar-refractivity contribution in [1.29, 1.82) is 0 Å². The molecular formula is C11H14N4S. The van der Waals surface area contributed by atoms with Crippen LogP contribution in [0, 0.1) is 0 Å². The molecule has 84 valence electrons. The second-order valence-corrected chi connectivity index (χ2v) is 5.13. The summed E-state index contributed by atoms with van der Waals surface area (Å²) in [6.07, 6.45) is 4.09. The Labute approximate surface area is 98.1 Å². The molecule has 5 heteroatoms. The van der Waals surface area contributed by atoms with E-state index in [2.05, 4.69) is 14.9 Å². The van der Waals surface area contributed by atoms with Crippen molar-refractivity contribution in [2.75, 3.05) is 18.0 Å². The lowest BCUT2D eigenvalue weighted by Gasteiger charge is -2.30. The number of aromatic nitrogens is 2. The standard InChI is InChI=1S/C11H14N4S/c12-8-3-2-6-15(7-8)11-14-9-4-1-5-13-10(9)16-11/h1,4-5,8H,2-3,6-7,12H2/t8-/m1/s1. The highest BCUT2D eigenvalue weighted by atomic mass is 32.1. The van der Waals surface area contributed by atoms with E-state index in [1.807, 2.05) is 18.3 Å². The summed E-state index contributed by atoms with van der Waals surface area (Å²) in [7, 11) is 0. The zero-order chi connectivity index (χ0) is 11.0. The smallest absolute Gasteiger partial charge is 0.188 e. The van der Waals surface area contributed by atoms with Crippen molar-refractivity contribution >= 4 is 26.8 Å². The highest BCUT2D eigenvalue weighted by Gasteiger charge is 2.19. The summed E-state index contributed by atoms with van der Waals surface area (Å²) >= 11 is 1.65. The molecule has 2 aromatic heterocycles. The molecule has 4 nitrogen and oxygen atoms in total. The van der Waals surface area contributed by atoms with Crippen LogP contribution in [0.5, 0.6) is 0 Å². The number of piperidine rings is 1. The molecule has 1 saturated heterocycles. The van der Waals surface area contributed by atoms with Gasteiger partial charge in [0.05, 0.1) is 0 Å². The van der Waals surface area contributed by atoms with E-state index in [1.54, 1.807) is 11.3 Å². The van der Waals surface area contributed by atoms with Crippen LogP contribution in [0.2, 0.25) is 0 Å². The topological polar surface area (TPSA) is 55.0 Å². The number of anilines is 1. The molecule has 0 radical (unpaired) electrons. The molecule has 3 heterocycles. The van der Waals surface area contributed by atoms with Crippen LogP contribution >= 0.6 is 11.3 Å². The lowest BCUT2D eigenvalue weighted by molar-refractivity contribution is 0.506. The summed E-state index contributed by atoms with van der Waals surface area (Å²) in [5.74, 6) is 0. The van der Waals surface area contributed by atoms with E-state index in [0.29, 0.717) is 0 Å². The molecule has 0 aliphatic carbocycles. The van der Waals surface area contributed by atoms with Crippen LogP contribution in [-0.2, 0) is 0 Å². The van der Waals surface area contributed by atoms with Gasteiger partial charge in [-0.3, -0.25) is 0 Å². The van der Waals surface area contributed by atoms with E-state index in [0.717, 1.165) is 41.4 Å². The summed E-state index contributed by atoms with van der Waals surface area (Å²) in [5.41, 5.74) is 6.96. The highest BCUT2D eigenvalue weighted by Crippen LogP contribution is 2.28. The van der Waals surface area contributed by atoms with E-state index < -0.39 is 0 Å². The molecule has 0 aromatic carbocycles. The molecule has 2 N–H and O–H groups in total. The third kappa shape index (κ3) is 1.76. The number of hydrogen-bond donors (Lipinski definition) is 1. The van der Waals surface area contributed by atoms with Crippen molar-refractivity contribution in [1.82, 2.24) is 9.97 Å². The quantitative estimate of drug-likeness (QED) is 0.814. The van der Waals surface area contributed by atoms with Crippen LogP contribution in [-0.4, -0.2) is 29.1 Å². The molecule has 0 bridgehead atoms. The Bertz CT molecular complexity index is 462. The maximum atomic E-state index is 5.98. The van der Waals surface area contributed by atoms with Crippen LogP contribution in [0.15, 0.2) is 18.3 Å². The second-order valence-electron chi connectivity index (χ2n) is 4.17. The van der Waals surface area contributed by atoms with Gasteiger partial charge in [0.15, 0.2) is 5.13 Å². The largest absolute Gasteiger partial charge is 0.346 e. The monoisotopic (exact) mass is 234 g/mol. The molecule has 0 amide bonds. The van der Waals surface area contributed by atoms with Crippen LogP contribution in [0.3, 0.4) is 0 Å². The first-order valence-electron chi connectivity index (χ1n) is 5.55. The van der Waals surface area contributed by atoms with E-state index >= 15 is 0 Å². The first kappa shape index (κ1) is 9.99. The van der Waals surface area contributed by atoms with Crippen molar-refractivity contribution in [3.05, 3.63) is 18.3 Å². The first-order valence-corrected chi connectivity index (χ1v) is 6.36. The Kier molecular flexibility index (Phi) is 2.49. The molecule has 2 aromatic rings. The first-order chi connectivity index (χ1) is 7.83. The van der Waals surface area contributed by atoms with Gasteiger partial charge in [-0.05, 0) is 25.0 Å². The van der Waals surface area contributed by atoms with E-state index in [1.165, 1.54) is 0 Å². The average Bonchev–Trinajstić information content (AvgIpc) is 2.72. The molecule has 0 unspecified atom stereocenters. The number of nitrogens with two attached hydrogens (primary N) is 1. The van der Waals surface area contributed by atoms with Gasteiger partial charge in [-0.2, -0.15) is 0 Å². The van der Waals surface area contributed by atoms with Crippen LogP contribution in [0.25, 0.3) is 10.3 Å². The van der Waals surface area contributed by atoms with Crippen LogP contribution in [0.4, 0.5) is 5.13 Å². The molecule has 1 fully saturated rings.